The largest absolute Gasteiger partial charge is 0.497 e. The van der Waals surface area contributed by atoms with E-state index in [0.29, 0.717) is 18.6 Å². The van der Waals surface area contributed by atoms with E-state index in [2.05, 4.69) is 6.58 Å². The van der Waals surface area contributed by atoms with Crippen LogP contribution in [0, 0.1) is 0 Å². The normalized spacial score (nSPS) is 18.9. The number of cyclic esters (lactones) is 1. The van der Waals surface area contributed by atoms with E-state index in [9.17, 15) is 4.79 Å². The van der Waals surface area contributed by atoms with E-state index >= 15 is 0 Å². The molecule has 0 saturated heterocycles. The minimum Gasteiger partial charge on any atom is -0.497 e. The smallest absolute Gasteiger partial charge is 0.334 e. The van der Waals surface area contributed by atoms with E-state index in [1.54, 1.807) is 13.2 Å². The first-order valence-electron chi connectivity index (χ1n) is 6.91. The minimum atomic E-state index is -0.262. The number of methoxy groups -OCH3 is 1. The van der Waals surface area contributed by atoms with Crippen molar-refractivity contribution in [3.8, 4) is 5.75 Å². The molecule has 0 unspecified atom stereocenters. The molecule has 2 rings (SSSR count). The van der Waals surface area contributed by atoms with Crippen LogP contribution in [-0.2, 0) is 20.9 Å². The van der Waals surface area contributed by atoms with Gasteiger partial charge in [0.15, 0.2) is 0 Å². The van der Waals surface area contributed by atoms with Crippen molar-refractivity contribution in [2.24, 2.45) is 0 Å². The van der Waals surface area contributed by atoms with Gasteiger partial charge in [-0.1, -0.05) is 18.2 Å². The van der Waals surface area contributed by atoms with Crippen LogP contribution in [0.2, 0.25) is 0 Å². The molecule has 0 amide bonds. The fourth-order valence-corrected chi connectivity index (χ4v) is 2.13. The summed E-state index contributed by atoms with van der Waals surface area (Å²) < 4.78 is 16.0. The van der Waals surface area contributed by atoms with E-state index in [4.69, 9.17) is 14.2 Å². The highest BCUT2D eigenvalue weighted by molar-refractivity contribution is 5.90. The maximum atomic E-state index is 11.6. The summed E-state index contributed by atoms with van der Waals surface area (Å²) in [5, 5.41) is 0. The van der Waals surface area contributed by atoms with Crippen molar-refractivity contribution < 1.29 is 19.0 Å². The average Bonchev–Trinajstić information content (AvgIpc) is 2.81. The molecule has 112 valence electrons. The fourth-order valence-electron chi connectivity index (χ4n) is 2.13. The number of ether oxygens (including phenoxy) is 3. The first-order chi connectivity index (χ1) is 10.1. The lowest BCUT2D eigenvalue weighted by atomic mass is 10.1. The Morgan fingerprint density at radius 1 is 1.38 bits per heavy atom. The lowest BCUT2D eigenvalue weighted by Crippen LogP contribution is -2.13. The van der Waals surface area contributed by atoms with E-state index in [1.807, 2.05) is 37.3 Å². The number of hydrogen-bond acceptors (Lipinski definition) is 4. The molecule has 0 radical (unpaired) electrons. The van der Waals surface area contributed by atoms with Gasteiger partial charge in [0.2, 0.25) is 0 Å². The first kappa shape index (κ1) is 15.3. The Hall–Kier alpha value is -2.07. The van der Waals surface area contributed by atoms with Crippen LogP contribution in [0.5, 0.6) is 5.75 Å². The molecule has 0 spiro atoms. The zero-order chi connectivity index (χ0) is 15.2. The maximum Gasteiger partial charge on any atom is 0.334 e. The second-order valence-corrected chi connectivity index (χ2v) is 4.94. The third kappa shape index (κ3) is 4.20. The summed E-state index contributed by atoms with van der Waals surface area (Å²) in [6.45, 7) is 6.06. The van der Waals surface area contributed by atoms with Gasteiger partial charge in [-0.25, -0.2) is 4.79 Å². The van der Waals surface area contributed by atoms with Crippen molar-refractivity contribution in [2.45, 2.75) is 32.2 Å². The molecule has 1 aliphatic rings. The van der Waals surface area contributed by atoms with Gasteiger partial charge in [0.05, 0.1) is 19.8 Å². The summed E-state index contributed by atoms with van der Waals surface area (Å²) in [5.74, 6) is 0.550. The molecule has 0 aromatic heterocycles. The van der Waals surface area contributed by atoms with Crippen LogP contribution in [0.15, 0.2) is 48.6 Å². The lowest BCUT2D eigenvalue weighted by Gasteiger charge is -2.14. The number of carbonyl (C=O) groups excluding carboxylic acids is 1. The van der Waals surface area contributed by atoms with E-state index in [0.717, 1.165) is 11.3 Å². The van der Waals surface area contributed by atoms with Crippen LogP contribution in [0.1, 0.15) is 18.9 Å². The molecular weight excluding hydrogens is 268 g/mol. The third-order valence-corrected chi connectivity index (χ3v) is 3.30. The predicted octanol–water partition coefficient (Wildman–Crippen LogP) is 3.03. The van der Waals surface area contributed by atoms with E-state index < -0.39 is 0 Å². The molecular formula is C17H20O4. The van der Waals surface area contributed by atoms with Gasteiger partial charge in [-0.15, -0.1) is 6.58 Å². The molecule has 21 heavy (non-hydrogen) atoms. The van der Waals surface area contributed by atoms with Gasteiger partial charge in [0.25, 0.3) is 0 Å². The van der Waals surface area contributed by atoms with Crippen molar-refractivity contribution >= 4 is 5.97 Å². The van der Waals surface area contributed by atoms with Gasteiger partial charge in [-0.3, -0.25) is 0 Å². The Labute approximate surface area is 125 Å². The molecule has 1 aromatic rings. The quantitative estimate of drug-likeness (QED) is 0.571. The lowest BCUT2D eigenvalue weighted by molar-refractivity contribution is -0.139. The highest BCUT2D eigenvalue weighted by atomic mass is 16.5. The molecule has 0 N–H and O–H groups in total. The summed E-state index contributed by atoms with van der Waals surface area (Å²) in [4.78, 5) is 11.6. The molecule has 4 heteroatoms. The summed E-state index contributed by atoms with van der Waals surface area (Å²) in [7, 11) is 1.63. The van der Waals surface area contributed by atoms with Crippen molar-refractivity contribution in [1.82, 2.24) is 0 Å². The average molecular weight is 288 g/mol. The van der Waals surface area contributed by atoms with E-state index in [1.165, 1.54) is 0 Å². The highest BCUT2D eigenvalue weighted by Gasteiger charge is 2.24. The fraction of sp³-hybridized carbons (Fsp3) is 0.353. The third-order valence-electron chi connectivity index (χ3n) is 3.30. The molecule has 1 aromatic carbocycles. The Bertz CT molecular complexity index is 530. The molecule has 0 fully saturated rings. The van der Waals surface area contributed by atoms with Gasteiger partial charge < -0.3 is 14.2 Å². The second-order valence-electron chi connectivity index (χ2n) is 4.94. The monoisotopic (exact) mass is 288 g/mol. The standard InChI is InChI=1S/C17H20O4/c1-4-15(10-14-9-12(2)21-17(14)18)20-11-13-5-7-16(19-3)8-6-13/h4-9,12,15H,1,10-11H2,2-3H3/t12-,15+/m0/s1. The molecule has 1 aliphatic heterocycles. The predicted molar refractivity (Wildman–Crippen MR) is 80.0 cm³/mol. The zero-order valence-corrected chi connectivity index (χ0v) is 12.4. The number of carbonyl (C=O) groups is 1. The molecule has 4 nitrogen and oxygen atoms in total. The number of esters is 1. The van der Waals surface area contributed by atoms with Gasteiger partial charge in [0, 0.05) is 12.0 Å². The SMILES string of the molecule is C=C[C@H](CC1=C[C@H](C)OC1=O)OCc1ccc(OC)cc1. The van der Waals surface area contributed by atoms with Gasteiger partial charge in [0.1, 0.15) is 11.9 Å². The van der Waals surface area contributed by atoms with Gasteiger partial charge >= 0.3 is 5.97 Å². The van der Waals surface area contributed by atoms with Crippen LogP contribution in [0.4, 0.5) is 0 Å². The first-order valence-corrected chi connectivity index (χ1v) is 6.91. The number of hydrogen-bond donors (Lipinski definition) is 0. The van der Waals surface area contributed by atoms with Crippen molar-refractivity contribution in [2.75, 3.05) is 7.11 Å². The molecule has 0 bridgehead atoms. The van der Waals surface area contributed by atoms with Crippen LogP contribution in [0.3, 0.4) is 0 Å². The summed E-state index contributed by atoms with van der Waals surface area (Å²) in [6, 6.07) is 7.68. The Morgan fingerprint density at radius 2 is 2.10 bits per heavy atom. The van der Waals surface area contributed by atoms with Crippen molar-refractivity contribution in [3.63, 3.8) is 0 Å². The Morgan fingerprint density at radius 3 is 2.62 bits per heavy atom. The van der Waals surface area contributed by atoms with Gasteiger partial charge in [-0.05, 0) is 30.7 Å². The maximum absolute atomic E-state index is 11.6. The highest BCUT2D eigenvalue weighted by Crippen LogP contribution is 2.21. The van der Waals surface area contributed by atoms with Crippen LogP contribution >= 0.6 is 0 Å². The van der Waals surface area contributed by atoms with E-state index in [-0.39, 0.29) is 18.2 Å². The van der Waals surface area contributed by atoms with Crippen molar-refractivity contribution in [3.05, 3.63) is 54.1 Å². The molecule has 2 atom stereocenters. The number of rotatable bonds is 7. The summed E-state index contributed by atoms with van der Waals surface area (Å²) in [6.07, 6.45) is 3.66. The zero-order valence-electron chi connectivity index (χ0n) is 12.4. The molecule has 0 saturated carbocycles. The number of benzene rings is 1. The van der Waals surface area contributed by atoms with Crippen LogP contribution in [0.25, 0.3) is 0 Å². The minimum absolute atomic E-state index is 0.153. The molecule has 0 aliphatic carbocycles. The van der Waals surface area contributed by atoms with Crippen LogP contribution < -0.4 is 4.74 Å². The Kier molecular flexibility index (Phi) is 5.17. The topological polar surface area (TPSA) is 44.8 Å². The summed E-state index contributed by atoms with van der Waals surface area (Å²) >= 11 is 0. The van der Waals surface area contributed by atoms with Crippen LogP contribution in [-0.4, -0.2) is 25.3 Å². The summed E-state index contributed by atoms with van der Waals surface area (Å²) in [5.41, 5.74) is 1.70. The van der Waals surface area contributed by atoms with Crippen molar-refractivity contribution in [1.29, 1.82) is 0 Å². The molecule has 1 heterocycles. The Balaban J connectivity index is 1.89. The van der Waals surface area contributed by atoms with Gasteiger partial charge in [-0.2, -0.15) is 0 Å². The second kappa shape index (κ2) is 7.09.